The molecule has 0 saturated heterocycles. The van der Waals surface area contributed by atoms with Crippen molar-refractivity contribution in [1.82, 2.24) is 10.6 Å². The molecule has 0 bridgehead atoms. The fourth-order valence-electron chi connectivity index (χ4n) is 1.77. The van der Waals surface area contributed by atoms with Crippen LogP contribution in [0.25, 0.3) is 0 Å². The van der Waals surface area contributed by atoms with Crippen molar-refractivity contribution in [2.24, 2.45) is 0 Å². The lowest BCUT2D eigenvalue weighted by Crippen LogP contribution is -2.47. The fraction of sp³-hybridized carbons (Fsp3) is 0.500. The minimum atomic E-state index is -0.195. The number of hydrogen-bond acceptors (Lipinski definition) is 2. The number of hydrogen-bond donors (Lipinski definition) is 2. The third-order valence-corrected chi connectivity index (χ3v) is 2.84. The van der Waals surface area contributed by atoms with Gasteiger partial charge < -0.3 is 10.6 Å². The van der Waals surface area contributed by atoms with Gasteiger partial charge in [0.15, 0.2) is 0 Å². The summed E-state index contributed by atoms with van der Waals surface area (Å²) in [6.45, 7) is 4.16. The van der Waals surface area contributed by atoms with Crippen LogP contribution < -0.4 is 10.6 Å². The van der Waals surface area contributed by atoms with Crippen molar-refractivity contribution in [2.45, 2.75) is 25.4 Å². The molecule has 0 heterocycles. The van der Waals surface area contributed by atoms with E-state index in [1.54, 1.807) is 12.1 Å². The maximum absolute atomic E-state index is 13.1. The maximum Gasteiger partial charge on any atom is 0.123 e. The molecule has 1 rings (SSSR count). The van der Waals surface area contributed by atoms with Gasteiger partial charge in [-0.3, -0.25) is 0 Å². The first-order valence-electron chi connectivity index (χ1n) is 5.13. The molecule has 1 unspecified atom stereocenters. The predicted octanol–water partition coefficient (Wildman–Crippen LogP) is 2.08. The van der Waals surface area contributed by atoms with Crippen molar-refractivity contribution < 1.29 is 4.39 Å². The molecule has 0 aliphatic rings. The molecule has 3 heteroatoms. The standard InChI is InChI=1S/C12H19FN2/c1-12(2,15-4)11(14-3)9-6-5-7-10(13)8-9/h5-8,11,14-15H,1-4H3. The van der Waals surface area contributed by atoms with Gasteiger partial charge in [0.2, 0.25) is 0 Å². The van der Waals surface area contributed by atoms with Crippen LogP contribution in [0.4, 0.5) is 4.39 Å². The summed E-state index contributed by atoms with van der Waals surface area (Å²) >= 11 is 0. The lowest BCUT2D eigenvalue weighted by Gasteiger charge is -2.34. The predicted molar refractivity (Wildman–Crippen MR) is 61.3 cm³/mol. The molecule has 0 amide bonds. The molecule has 1 atom stereocenters. The molecule has 2 nitrogen and oxygen atoms in total. The second kappa shape index (κ2) is 4.73. The van der Waals surface area contributed by atoms with Gasteiger partial charge in [0, 0.05) is 11.6 Å². The van der Waals surface area contributed by atoms with Gasteiger partial charge in [0.25, 0.3) is 0 Å². The summed E-state index contributed by atoms with van der Waals surface area (Å²) in [6, 6.07) is 6.78. The molecule has 0 spiro atoms. The topological polar surface area (TPSA) is 24.1 Å². The Labute approximate surface area is 90.9 Å². The summed E-state index contributed by atoms with van der Waals surface area (Å²) in [5.74, 6) is -0.195. The van der Waals surface area contributed by atoms with Crippen molar-refractivity contribution in [3.05, 3.63) is 35.6 Å². The van der Waals surface area contributed by atoms with Crippen LogP contribution in [0.1, 0.15) is 25.5 Å². The minimum absolute atomic E-state index is 0.0817. The van der Waals surface area contributed by atoms with Crippen LogP contribution in [0, 0.1) is 5.82 Å². The van der Waals surface area contributed by atoms with E-state index in [1.165, 1.54) is 6.07 Å². The first kappa shape index (κ1) is 12.1. The second-order valence-corrected chi connectivity index (χ2v) is 4.25. The van der Waals surface area contributed by atoms with E-state index in [9.17, 15) is 4.39 Å². The summed E-state index contributed by atoms with van der Waals surface area (Å²) in [7, 11) is 3.79. The SMILES string of the molecule is CNC(c1cccc(F)c1)C(C)(C)NC. The Morgan fingerprint density at radius 1 is 1.27 bits per heavy atom. The smallest absolute Gasteiger partial charge is 0.123 e. The molecular weight excluding hydrogens is 191 g/mol. The first-order valence-corrected chi connectivity index (χ1v) is 5.13. The average molecular weight is 210 g/mol. The molecule has 0 fully saturated rings. The van der Waals surface area contributed by atoms with E-state index in [0.29, 0.717) is 0 Å². The van der Waals surface area contributed by atoms with Crippen molar-refractivity contribution in [2.75, 3.05) is 14.1 Å². The van der Waals surface area contributed by atoms with E-state index in [4.69, 9.17) is 0 Å². The van der Waals surface area contributed by atoms with Crippen LogP contribution in [0.2, 0.25) is 0 Å². The van der Waals surface area contributed by atoms with Crippen molar-refractivity contribution in [3.8, 4) is 0 Å². The zero-order valence-electron chi connectivity index (χ0n) is 9.76. The zero-order chi connectivity index (χ0) is 11.5. The van der Waals surface area contributed by atoms with Gasteiger partial charge >= 0.3 is 0 Å². The van der Waals surface area contributed by atoms with Gasteiger partial charge in [-0.15, -0.1) is 0 Å². The Balaban J connectivity index is 3.02. The summed E-state index contributed by atoms with van der Waals surface area (Å²) in [4.78, 5) is 0. The molecule has 0 aliphatic heterocycles. The van der Waals surface area contributed by atoms with E-state index < -0.39 is 0 Å². The number of nitrogens with one attached hydrogen (secondary N) is 2. The Bertz CT molecular complexity index is 323. The molecule has 0 aliphatic carbocycles. The van der Waals surface area contributed by atoms with E-state index in [1.807, 2.05) is 20.2 Å². The first-order chi connectivity index (χ1) is 7.01. The molecule has 0 radical (unpaired) electrons. The number of benzene rings is 1. The Morgan fingerprint density at radius 2 is 1.93 bits per heavy atom. The van der Waals surface area contributed by atoms with Crippen molar-refractivity contribution in [1.29, 1.82) is 0 Å². The quantitative estimate of drug-likeness (QED) is 0.795. The third kappa shape index (κ3) is 2.76. The van der Waals surface area contributed by atoms with E-state index >= 15 is 0 Å². The van der Waals surface area contributed by atoms with Gasteiger partial charge in [0.1, 0.15) is 5.82 Å². The molecule has 0 saturated carbocycles. The lowest BCUT2D eigenvalue weighted by atomic mass is 9.89. The van der Waals surface area contributed by atoms with Gasteiger partial charge in [-0.25, -0.2) is 4.39 Å². The third-order valence-electron chi connectivity index (χ3n) is 2.84. The summed E-state index contributed by atoms with van der Waals surface area (Å²) in [6.07, 6.45) is 0. The maximum atomic E-state index is 13.1. The van der Waals surface area contributed by atoms with E-state index in [0.717, 1.165) is 5.56 Å². The normalized spacial score (nSPS) is 13.9. The van der Waals surface area contributed by atoms with Gasteiger partial charge in [-0.1, -0.05) is 12.1 Å². The summed E-state index contributed by atoms with van der Waals surface area (Å²) < 4.78 is 13.1. The van der Waals surface area contributed by atoms with Crippen LogP contribution in [0.15, 0.2) is 24.3 Å². The Kier molecular flexibility index (Phi) is 3.83. The van der Waals surface area contributed by atoms with Crippen molar-refractivity contribution >= 4 is 0 Å². The molecule has 15 heavy (non-hydrogen) atoms. The fourth-order valence-corrected chi connectivity index (χ4v) is 1.77. The van der Waals surface area contributed by atoms with Crippen LogP contribution in [0.3, 0.4) is 0 Å². The van der Waals surface area contributed by atoms with Crippen LogP contribution in [0.5, 0.6) is 0 Å². The van der Waals surface area contributed by atoms with Crippen LogP contribution in [-0.2, 0) is 0 Å². The van der Waals surface area contributed by atoms with E-state index in [2.05, 4.69) is 24.5 Å². The molecule has 1 aromatic carbocycles. The molecule has 0 aromatic heterocycles. The molecular formula is C12H19FN2. The number of halogens is 1. The molecule has 2 N–H and O–H groups in total. The highest BCUT2D eigenvalue weighted by Gasteiger charge is 2.27. The van der Waals surface area contributed by atoms with Crippen LogP contribution in [-0.4, -0.2) is 19.6 Å². The number of rotatable bonds is 4. The Hall–Kier alpha value is -0.930. The van der Waals surface area contributed by atoms with Gasteiger partial charge in [0.05, 0.1) is 0 Å². The molecule has 84 valence electrons. The second-order valence-electron chi connectivity index (χ2n) is 4.25. The summed E-state index contributed by atoms with van der Waals surface area (Å²) in [5.41, 5.74) is 0.833. The van der Waals surface area contributed by atoms with E-state index in [-0.39, 0.29) is 17.4 Å². The molecule has 1 aromatic rings. The average Bonchev–Trinajstić information content (AvgIpc) is 2.18. The van der Waals surface area contributed by atoms with Crippen molar-refractivity contribution in [3.63, 3.8) is 0 Å². The van der Waals surface area contributed by atoms with Gasteiger partial charge in [-0.05, 0) is 45.6 Å². The van der Waals surface area contributed by atoms with Gasteiger partial charge in [-0.2, -0.15) is 0 Å². The zero-order valence-corrected chi connectivity index (χ0v) is 9.76. The highest BCUT2D eigenvalue weighted by molar-refractivity contribution is 5.23. The highest BCUT2D eigenvalue weighted by Crippen LogP contribution is 2.25. The van der Waals surface area contributed by atoms with Crippen LogP contribution >= 0.6 is 0 Å². The number of likely N-dealkylation sites (N-methyl/N-ethyl adjacent to an activating group) is 2. The lowest BCUT2D eigenvalue weighted by molar-refractivity contribution is 0.310. The summed E-state index contributed by atoms with van der Waals surface area (Å²) in [5, 5.41) is 6.43. The Morgan fingerprint density at radius 3 is 2.40 bits per heavy atom. The highest BCUT2D eigenvalue weighted by atomic mass is 19.1. The monoisotopic (exact) mass is 210 g/mol. The largest absolute Gasteiger partial charge is 0.313 e. The minimum Gasteiger partial charge on any atom is -0.313 e.